The van der Waals surface area contributed by atoms with Crippen molar-refractivity contribution < 1.29 is 28.2 Å². The van der Waals surface area contributed by atoms with Gasteiger partial charge in [-0.05, 0) is 38.2 Å². The summed E-state index contributed by atoms with van der Waals surface area (Å²) in [7, 11) is 1.88. The van der Waals surface area contributed by atoms with E-state index in [1.54, 1.807) is 19.1 Å². The highest BCUT2D eigenvalue weighted by Gasteiger charge is 2.36. The number of likely N-dealkylation sites (N-methyl/N-ethyl adjacent to an activating group) is 1. The Morgan fingerprint density at radius 2 is 2.03 bits per heavy atom. The van der Waals surface area contributed by atoms with E-state index in [1.807, 2.05) is 36.2 Å². The number of esters is 1. The highest BCUT2D eigenvalue weighted by atomic mass is 16.6. The van der Waals surface area contributed by atoms with Gasteiger partial charge in [-0.15, -0.1) is 0 Å². The Bertz CT molecular complexity index is 971. The van der Waals surface area contributed by atoms with Crippen LogP contribution in [-0.4, -0.2) is 56.4 Å². The van der Waals surface area contributed by atoms with Crippen LogP contribution in [0.4, 0.5) is 4.79 Å². The van der Waals surface area contributed by atoms with Gasteiger partial charge in [0.05, 0.1) is 18.4 Å². The molecule has 2 amide bonds. The van der Waals surface area contributed by atoms with Gasteiger partial charge in [-0.2, -0.15) is 0 Å². The highest BCUT2D eigenvalue weighted by Crippen LogP contribution is 2.31. The van der Waals surface area contributed by atoms with Crippen molar-refractivity contribution in [3.63, 3.8) is 0 Å². The quantitative estimate of drug-likeness (QED) is 0.653. The van der Waals surface area contributed by atoms with Gasteiger partial charge in [-0.1, -0.05) is 12.1 Å². The molecule has 0 bridgehead atoms. The van der Waals surface area contributed by atoms with Crippen LogP contribution in [0.15, 0.2) is 58.3 Å². The van der Waals surface area contributed by atoms with E-state index >= 15 is 0 Å². The van der Waals surface area contributed by atoms with E-state index in [0.29, 0.717) is 42.5 Å². The molecule has 0 saturated heterocycles. The van der Waals surface area contributed by atoms with E-state index in [2.05, 4.69) is 10.6 Å². The first-order chi connectivity index (χ1) is 15.0. The van der Waals surface area contributed by atoms with Crippen LogP contribution in [0, 0.1) is 0 Å². The summed E-state index contributed by atoms with van der Waals surface area (Å²) in [6, 6.07) is 9.79. The van der Waals surface area contributed by atoms with E-state index in [4.69, 9.17) is 18.6 Å². The average Bonchev–Trinajstić information content (AvgIpc) is 3.28. The van der Waals surface area contributed by atoms with Crippen LogP contribution < -0.4 is 20.1 Å². The van der Waals surface area contributed by atoms with Gasteiger partial charge in [0.15, 0.2) is 11.5 Å². The number of amides is 2. The Labute approximate surface area is 179 Å². The number of rotatable bonds is 7. The summed E-state index contributed by atoms with van der Waals surface area (Å²) in [5.41, 5.74) is 0.776. The number of nitrogens with zero attached hydrogens (tertiary/aromatic N) is 1. The van der Waals surface area contributed by atoms with Crippen molar-refractivity contribution >= 4 is 12.0 Å². The van der Waals surface area contributed by atoms with Crippen molar-refractivity contribution in [2.45, 2.75) is 19.1 Å². The number of hydrogen-bond donors (Lipinski definition) is 2. The maximum atomic E-state index is 12.8. The number of nitrogens with one attached hydrogen (secondary N) is 2. The second-order valence-electron chi connectivity index (χ2n) is 7.35. The first kappa shape index (κ1) is 20.8. The monoisotopic (exact) mass is 427 g/mol. The van der Waals surface area contributed by atoms with Crippen LogP contribution in [0.2, 0.25) is 0 Å². The van der Waals surface area contributed by atoms with Gasteiger partial charge in [0.2, 0.25) is 0 Å². The van der Waals surface area contributed by atoms with Gasteiger partial charge in [0.25, 0.3) is 0 Å². The number of para-hydroxylation sites is 2. The van der Waals surface area contributed by atoms with Gasteiger partial charge in [0, 0.05) is 18.8 Å². The maximum absolute atomic E-state index is 12.8. The molecule has 1 aromatic heterocycles. The molecule has 0 saturated carbocycles. The van der Waals surface area contributed by atoms with Gasteiger partial charge < -0.3 is 29.3 Å². The molecule has 2 aliphatic heterocycles. The third-order valence-electron chi connectivity index (χ3n) is 4.99. The number of hydrogen-bond acceptors (Lipinski definition) is 7. The molecule has 9 nitrogen and oxygen atoms in total. The average molecular weight is 427 g/mol. The van der Waals surface area contributed by atoms with E-state index in [9.17, 15) is 9.59 Å². The Kier molecular flexibility index (Phi) is 6.13. The summed E-state index contributed by atoms with van der Waals surface area (Å²) in [6.45, 7) is 3.20. The molecule has 0 unspecified atom stereocenters. The molecule has 0 spiro atoms. The van der Waals surface area contributed by atoms with Crippen LogP contribution in [0.3, 0.4) is 0 Å². The van der Waals surface area contributed by atoms with Crippen LogP contribution in [0.1, 0.15) is 18.7 Å². The van der Waals surface area contributed by atoms with Gasteiger partial charge in [-0.3, -0.25) is 4.90 Å². The van der Waals surface area contributed by atoms with Crippen molar-refractivity contribution in [1.82, 2.24) is 15.5 Å². The number of fused-ring (bicyclic) bond motifs is 1. The van der Waals surface area contributed by atoms with Gasteiger partial charge in [-0.25, -0.2) is 9.59 Å². The first-order valence-electron chi connectivity index (χ1n) is 10.1. The standard InChI is InChI=1S/C22H25N3O6/c1-3-28-21(26)19-15(23-22(27)24-20(19)18-9-6-10-29-18)12-25(2)11-14-13-30-16-7-4-5-8-17(16)31-14/h4-10,14,20H,3,11-13H2,1-2H3,(H2,23,24,27)/t14-,20+/m0/s1. The third kappa shape index (κ3) is 4.66. The minimum absolute atomic E-state index is 0.190. The summed E-state index contributed by atoms with van der Waals surface area (Å²) < 4.78 is 22.5. The van der Waals surface area contributed by atoms with Crippen LogP contribution in [0.5, 0.6) is 11.5 Å². The maximum Gasteiger partial charge on any atom is 0.338 e. The van der Waals surface area contributed by atoms with Gasteiger partial charge >= 0.3 is 12.0 Å². The molecule has 9 heteroatoms. The molecular weight excluding hydrogens is 402 g/mol. The fraction of sp³-hybridized carbons (Fsp3) is 0.364. The summed E-state index contributed by atoms with van der Waals surface area (Å²) in [4.78, 5) is 27.0. The number of carbonyl (C=O) groups excluding carboxylic acids is 2. The summed E-state index contributed by atoms with van der Waals surface area (Å²) in [5, 5.41) is 5.49. The molecule has 2 aromatic rings. The zero-order valence-electron chi connectivity index (χ0n) is 17.4. The fourth-order valence-electron chi connectivity index (χ4n) is 3.70. The minimum Gasteiger partial charge on any atom is -0.486 e. The van der Waals surface area contributed by atoms with Crippen LogP contribution in [0.25, 0.3) is 0 Å². The highest BCUT2D eigenvalue weighted by molar-refractivity contribution is 5.95. The molecule has 2 atom stereocenters. The Hall–Kier alpha value is -3.46. The van der Waals surface area contributed by atoms with Crippen molar-refractivity contribution in [2.75, 3.05) is 33.4 Å². The van der Waals surface area contributed by atoms with E-state index in [1.165, 1.54) is 6.26 Å². The summed E-state index contributed by atoms with van der Waals surface area (Å²) in [6.07, 6.45) is 1.31. The summed E-state index contributed by atoms with van der Waals surface area (Å²) >= 11 is 0. The summed E-state index contributed by atoms with van der Waals surface area (Å²) in [5.74, 6) is 1.37. The lowest BCUT2D eigenvalue weighted by Gasteiger charge is -2.32. The first-order valence-corrected chi connectivity index (χ1v) is 10.1. The minimum atomic E-state index is -0.729. The number of furan rings is 1. The van der Waals surface area contributed by atoms with Crippen molar-refractivity contribution in [1.29, 1.82) is 0 Å². The largest absolute Gasteiger partial charge is 0.486 e. The molecule has 1 aromatic carbocycles. The van der Waals surface area contributed by atoms with Crippen molar-refractivity contribution in [2.24, 2.45) is 0 Å². The zero-order chi connectivity index (χ0) is 21.8. The predicted molar refractivity (Wildman–Crippen MR) is 111 cm³/mol. The lowest BCUT2D eigenvalue weighted by molar-refractivity contribution is -0.139. The Morgan fingerprint density at radius 3 is 2.77 bits per heavy atom. The molecule has 31 heavy (non-hydrogen) atoms. The number of ether oxygens (including phenoxy) is 3. The van der Waals surface area contributed by atoms with Crippen molar-refractivity contribution in [3.05, 3.63) is 59.7 Å². The molecule has 0 aliphatic carbocycles. The molecular formula is C22H25N3O6. The second-order valence-corrected chi connectivity index (χ2v) is 7.35. The van der Waals surface area contributed by atoms with Crippen LogP contribution >= 0.6 is 0 Å². The fourth-order valence-corrected chi connectivity index (χ4v) is 3.70. The second kappa shape index (κ2) is 9.13. The van der Waals surface area contributed by atoms with Crippen molar-refractivity contribution in [3.8, 4) is 11.5 Å². The molecule has 4 rings (SSSR count). The molecule has 164 valence electrons. The predicted octanol–water partition coefficient (Wildman–Crippen LogP) is 2.22. The third-order valence-corrected chi connectivity index (χ3v) is 4.99. The lowest BCUT2D eigenvalue weighted by atomic mass is 10.00. The molecule has 2 N–H and O–H groups in total. The Balaban J connectivity index is 1.52. The molecule has 0 radical (unpaired) electrons. The molecule has 3 heterocycles. The molecule has 2 aliphatic rings. The lowest BCUT2D eigenvalue weighted by Crippen LogP contribution is -2.49. The van der Waals surface area contributed by atoms with Crippen LogP contribution in [-0.2, 0) is 9.53 Å². The number of urea groups is 1. The zero-order valence-corrected chi connectivity index (χ0v) is 17.4. The number of carbonyl (C=O) groups is 2. The smallest absolute Gasteiger partial charge is 0.338 e. The topological polar surface area (TPSA) is 102 Å². The SMILES string of the molecule is CCOC(=O)C1=C(CN(C)C[C@H]2COc3ccccc3O2)NC(=O)N[C@@H]1c1ccco1. The van der Waals surface area contributed by atoms with E-state index in [-0.39, 0.29) is 12.7 Å². The van der Waals surface area contributed by atoms with Gasteiger partial charge in [0.1, 0.15) is 24.5 Å². The van der Waals surface area contributed by atoms with E-state index < -0.39 is 18.0 Å². The van der Waals surface area contributed by atoms with E-state index in [0.717, 1.165) is 5.75 Å². The number of benzene rings is 1. The molecule has 0 fully saturated rings. The normalized spacial score (nSPS) is 20.3. The Morgan fingerprint density at radius 1 is 1.23 bits per heavy atom.